The highest BCUT2D eigenvalue weighted by Gasteiger charge is 2.10. The van der Waals surface area contributed by atoms with Crippen LogP contribution in [0.5, 0.6) is 11.5 Å². The third-order valence-electron chi connectivity index (χ3n) is 3.88. The quantitative estimate of drug-likeness (QED) is 0.569. The van der Waals surface area contributed by atoms with Crippen molar-refractivity contribution in [2.24, 2.45) is 0 Å². The average molecular weight is 383 g/mol. The third kappa shape index (κ3) is 5.21. The predicted molar refractivity (Wildman–Crippen MR) is 108 cm³/mol. The molecule has 0 radical (unpaired) electrons. The van der Waals surface area contributed by atoms with Crippen LogP contribution in [0, 0.1) is 0 Å². The molecule has 140 valence electrons. The zero-order chi connectivity index (χ0) is 19.1. The Labute approximate surface area is 162 Å². The number of anilines is 2. The van der Waals surface area contributed by atoms with Crippen LogP contribution in [0.1, 0.15) is 12.8 Å². The van der Waals surface area contributed by atoms with Crippen molar-refractivity contribution in [1.29, 1.82) is 0 Å². The highest BCUT2D eigenvalue weighted by atomic mass is 32.1. The van der Waals surface area contributed by atoms with Crippen LogP contribution in [0.3, 0.4) is 0 Å². The number of nitrogen functional groups attached to an aromatic ring is 1. The van der Waals surface area contributed by atoms with Crippen molar-refractivity contribution in [3.8, 4) is 22.8 Å². The van der Waals surface area contributed by atoms with Crippen LogP contribution in [0.15, 0.2) is 53.9 Å². The molecule has 0 aliphatic rings. The number of methoxy groups -OCH3 is 1. The molecule has 3 rings (SSSR count). The molecule has 3 N–H and O–H groups in total. The molecule has 1 aromatic heterocycles. The molecular formula is C20H21N3O3S. The number of rotatable bonds is 8. The normalized spacial score (nSPS) is 10.4. The predicted octanol–water partition coefficient (Wildman–Crippen LogP) is 4.20. The number of hydrogen-bond donors (Lipinski definition) is 2. The van der Waals surface area contributed by atoms with Gasteiger partial charge >= 0.3 is 0 Å². The molecular weight excluding hydrogens is 362 g/mol. The molecule has 0 aliphatic carbocycles. The van der Waals surface area contributed by atoms with Crippen LogP contribution in [0.4, 0.5) is 10.8 Å². The summed E-state index contributed by atoms with van der Waals surface area (Å²) < 4.78 is 10.8. The Balaban J connectivity index is 1.49. The summed E-state index contributed by atoms with van der Waals surface area (Å²) in [4.78, 5) is 16.6. The van der Waals surface area contributed by atoms with E-state index in [0.29, 0.717) is 24.6 Å². The first-order chi connectivity index (χ1) is 13.2. The zero-order valence-corrected chi connectivity index (χ0v) is 15.8. The van der Waals surface area contributed by atoms with E-state index in [1.165, 1.54) is 11.3 Å². The number of carbonyl (C=O) groups is 1. The van der Waals surface area contributed by atoms with E-state index in [2.05, 4.69) is 10.3 Å². The average Bonchev–Trinajstić information content (AvgIpc) is 3.12. The van der Waals surface area contributed by atoms with Gasteiger partial charge in [-0.1, -0.05) is 18.2 Å². The summed E-state index contributed by atoms with van der Waals surface area (Å²) in [5, 5.41) is 5.32. The van der Waals surface area contributed by atoms with Crippen LogP contribution < -0.4 is 20.5 Å². The number of nitrogens with zero attached hydrogens (tertiary/aromatic N) is 1. The monoisotopic (exact) mass is 383 g/mol. The minimum absolute atomic E-state index is 0.0658. The van der Waals surface area contributed by atoms with Gasteiger partial charge in [-0.05, 0) is 36.8 Å². The lowest BCUT2D eigenvalue weighted by molar-refractivity contribution is -0.116. The Bertz CT molecular complexity index is 893. The van der Waals surface area contributed by atoms with E-state index in [-0.39, 0.29) is 5.91 Å². The number of benzene rings is 2. The molecule has 6 nitrogen and oxygen atoms in total. The van der Waals surface area contributed by atoms with Gasteiger partial charge in [0.15, 0.2) is 5.13 Å². The van der Waals surface area contributed by atoms with Crippen LogP contribution in [-0.2, 0) is 4.79 Å². The molecule has 0 saturated carbocycles. The van der Waals surface area contributed by atoms with Gasteiger partial charge < -0.3 is 20.5 Å². The SMILES string of the molecule is COc1ccc(OCCCC(=O)Nc2ccccc2-c2csc(N)n2)cc1. The number of nitrogens with two attached hydrogens (primary N) is 1. The van der Waals surface area contributed by atoms with Crippen LogP contribution in [0.25, 0.3) is 11.3 Å². The summed E-state index contributed by atoms with van der Waals surface area (Å²) in [6.07, 6.45) is 0.980. The van der Waals surface area contributed by atoms with E-state index in [4.69, 9.17) is 15.2 Å². The summed E-state index contributed by atoms with van der Waals surface area (Å²) in [6.45, 7) is 0.462. The van der Waals surface area contributed by atoms with Gasteiger partial charge in [-0.25, -0.2) is 4.98 Å². The Morgan fingerprint density at radius 3 is 2.59 bits per heavy atom. The molecule has 0 aliphatic heterocycles. The molecule has 7 heteroatoms. The summed E-state index contributed by atoms with van der Waals surface area (Å²) in [6, 6.07) is 14.9. The van der Waals surface area contributed by atoms with Crippen molar-refractivity contribution < 1.29 is 14.3 Å². The molecule has 0 atom stereocenters. The fraction of sp³-hybridized carbons (Fsp3) is 0.200. The molecule has 2 aromatic carbocycles. The molecule has 27 heavy (non-hydrogen) atoms. The third-order valence-corrected chi connectivity index (χ3v) is 4.55. The number of aromatic nitrogens is 1. The Morgan fingerprint density at radius 2 is 1.89 bits per heavy atom. The lowest BCUT2D eigenvalue weighted by Crippen LogP contribution is -2.13. The van der Waals surface area contributed by atoms with Crippen molar-refractivity contribution in [3.05, 3.63) is 53.9 Å². The van der Waals surface area contributed by atoms with Crippen LogP contribution in [-0.4, -0.2) is 24.6 Å². The zero-order valence-electron chi connectivity index (χ0n) is 15.0. The number of amides is 1. The first-order valence-electron chi connectivity index (χ1n) is 8.53. The first-order valence-corrected chi connectivity index (χ1v) is 9.41. The van der Waals surface area contributed by atoms with E-state index in [1.54, 1.807) is 7.11 Å². The van der Waals surface area contributed by atoms with E-state index in [0.717, 1.165) is 28.4 Å². The van der Waals surface area contributed by atoms with Crippen molar-refractivity contribution >= 4 is 28.1 Å². The van der Waals surface area contributed by atoms with Crippen molar-refractivity contribution in [3.63, 3.8) is 0 Å². The summed E-state index contributed by atoms with van der Waals surface area (Å²) in [5.74, 6) is 1.47. The van der Waals surface area contributed by atoms with Gasteiger partial charge in [0, 0.05) is 17.4 Å². The smallest absolute Gasteiger partial charge is 0.224 e. The van der Waals surface area contributed by atoms with E-state index >= 15 is 0 Å². The lowest BCUT2D eigenvalue weighted by Gasteiger charge is -2.10. The number of thiazole rings is 1. The minimum atomic E-state index is -0.0658. The summed E-state index contributed by atoms with van der Waals surface area (Å²) >= 11 is 1.37. The second kappa shape index (κ2) is 9.05. The highest BCUT2D eigenvalue weighted by Crippen LogP contribution is 2.29. The largest absolute Gasteiger partial charge is 0.497 e. The fourth-order valence-corrected chi connectivity index (χ4v) is 3.10. The fourth-order valence-electron chi connectivity index (χ4n) is 2.53. The van der Waals surface area contributed by atoms with E-state index in [9.17, 15) is 4.79 Å². The molecule has 1 heterocycles. The summed E-state index contributed by atoms with van der Waals surface area (Å²) in [5.41, 5.74) is 8.05. The van der Waals surface area contributed by atoms with E-state index in [1.807, 2.05) is 53.9 Å². The van der Waals surface area contributed by atoms with Gasteiger partial charge in [0.25, 0.3) is 0 Å². The van der Waals surface area contributed by atoms with Gasteiger partial charge in [0.05, 0.1) is 25.1 Å². The summed E-state index contributed by atoms with van der Waals surface area (Å²) in [7, 11) is 1.62. The Kier molecular flexibility index (Phi) is 6.27. The molecule has 0 bridgehead atoms. The molecule has 0 spiro atoms. The Morgan fingerprint density at radius 1 is 1.15 bits per heavy atom. The minimum Gasteiger partial charge on any atom is -0.497 e. The van der Waals surface area contributed by atoms with Gasteiger partial charge in [0.1, 0.15) is 11.5 Å². The maximum atomic E-state index is 12.3. The van der Waals surface area contributed by atoms with Crippen LogP contribution in [0.2, 0.25) is 0 Å². The molecule has 1 amide bonds. The second-order valence-electron chi connectivity index (χ2n) is 5.79. The van der Waals surface area contributed by atoms with Gasteiger partial charge in [-0.2, -0.15) is 0 Å². The molecule has 3 aromatic rings. The highest BCUT2D eigenvalue weighted by molar-refractivity contribution is 7.13. The molecule has 0 saturated heterocycles. The maximum absolute atomic E-state index is 12.3. The number of hydrogen-bond acceptors (Lipinski definition) is 6. The first kappa shape index (κ1) is 18.7. The van der Waals surface area contributed by atoms with Gasteiger partial charge in [-0.15, -0.1) is 11.3 Å². The molecule has 0 unspecified atom stereocenters. The number of nitrogens with one attached hydrogen (secondary N) is 1. The number of para-hydroxylation sites is 1. The lowest BCUT2D eigenvalue weighted by atomic mass is 10.1. The van der Waals surface area contributed by atoms with Crippen molar-refractivity contribution in [2.75, 3.05) is 24.8 Å². The van der Waals surface area contributed by atoms with Gasteiger partial charge in [0.2, 0.25) is 5.91 Å². The maximum Gasteiger partial charge on any atom is 0.224 e. The standard InChI is InChI=1S/C20H21N3O3S/c1-25-14-8-10-15(11-9-14)26-12-4-7-19(24)22-17-6-3-2-5-16(17)18-13-27-20(21)23-18/h2-3,5-6,8-11,13H,4,7,12H2,1H3,(H2,21,23)(H,22,24). The topological polar surface area (TPSA) is 86.5 Å². The van der Waals surface area contributed by atoms with Gasteiger partial charge in [-0.3, -0.25) is 4.79 Å². The Hall–Kier alpha value is -3.06. The number of ether oxygens (including phenoxy) is 2. The van der Waals surface area contributed by atoms with Crippen molar-refractivity contribution in [2.45, 2.75) is 12.8 Å². The van der Waals surface area contributed by atoms with Crippen LogP contribution >= 0.6 is 11.3 Å². The van der Waals surface area contributed by atoms with Crippen molar-refractivity contribution in [1.82, 2.24) is 4.98 Å². The second-order valence-corrected chi connectivity index (χ2v) is 6.68. The molecule has 0 fully saturated rings. The number of carbonyl (C=O) groups excluding carboxylic acids is 1. The van der Waals surface area contributed by atoms with E-state index < -0.39 is 0 Å².